The van der Waals surface area contributed by atoms with Crippen LogP contribution in [0, 0.1) is 6.92 Å². The number of methoxy groups -OCH3 is 1. The Morgan fingerprint density at radius 3 is 2.85 bits per heavy atom. The number of benzene rings is 1. The van der Waals surface area contributed by atoms with Crippen molar-refractivity contribution in [2.24, 2.45) is 7.05 Å². The summed E-state index contributed by atoms with van der Waals surface area (Å²) in [6.45, 7) is 1.99. The van der Waals surface area contributed by atoms with E-state index in [4.69, 9.17) is 4.74 Å². The number of aryl methyl sites for hydroxylation is 2. The Morgan fingerprint density at radius 1 is 1.38 bits per heavy atom. The lowest BCUT2D eigenvalue weighted by molar-refractivity contribution is 0.419. The summed E-state index contributed by atoms with van der Waals surface area (Å²) in [4.78, 5) is 0. The fraction of sp³-hybridized carbons (Fsp3) is 0.300. The van der Waals surface area contributed by atoms with Crippen molar-refractivity contribution < 1.29 is 4.74 Å². The van der Waals surface area contributed by atoms with Crippen LogP contribution in [0.1, 0.15) is 5.69 Å². The molecule has 0 bridgehead atoms. The molecule has 2 aromatic rings. The van der Waals surface area contributed by atoms with Gasteiger partial charge in [-0.25, -0.2) is 0 Å². The summed E-state index contributed by atoms with van der Waals surface area (Å²) in [7, 11) is 3.62. The summed E-state index contributed by atoms with van der Waals surface area (Å²) in [5.74, 6) is 0.892. The molecule has 0 amide bonds. The molecule has 3 nitrogen and oxygen atoms in total. The van der Waals surface area contributed by atoms with Crippen molar-refractivity contribution >= 4 is 10.9 Å². The van der Waals surface area contributed by atoms with Gasteiger partial charge in [-0.2, -0.15) is 5.10 Å². The monoisotopic (exact) mass is 176 g/mol. The summed E-state index contributed by atoms with van der Waals surface area (Å²) < 4.78 is 7.14. The van der Waals surface area contributed by atoms with Crippen LogP contribution >= 0.6 is 0 Å². The van der Waals surface area contributed by atoms with Crippen LogP contribution in [0.4, 0.5) is 0 Å². The fourth-order valence-electron chi connectivity index (χ4n) is 1.65. The molecule has 0 saturated carbocycles. The van der Waals surface area contributed by atoms with Crippen molar-refractivity contribution in [2.75, 3.05) is 7.11 Å². The predicted molar refractivity (Wildman–Crippen MR) is 52.0 cm³/mol. The smallest absolute Gasteiger partial charge is 0.130 e. The molecule has 2 rings (SSSR count). The zero-order chi connectivity index (χ0) is 9.42. The van der Waals surface area contributed by atoms with E-state index in [1.54, 1.807) is 7.11 Å². The molecule has 0 aliphatic carbocycles. The topological polar surface area (TPSA) is 27.1 Å². The average Bonchev–Trinajstić information content (AvgIpc) is 2.43. The fourth-order valence-corrected chi connectivity index (χ4v) is 1.65. The van der Waals surface area contributed by atoms with Gasteiger partial charge in [-0.05, 0) is 19.1 Å². The van der Waals surface area contributed by atoms with E-state index in [1.807, 2.05) is 36.9 Å². The Morgan fingerprint density at radius 2 is 2.15 bits per heavy atom. The normalized spacial score (nSPS) is 10.7. The van der Waals surface area contributed by atoms with Gasteiger partial charge in [-0.3, -0.25) is 4.68 Å². The van der Waals surface area contributed by atoms with Gasteiger partial charge in [-0.1, -0.05) is 6.07 Å². The highest BCUT2D eigenvalue weighted by Gasteiger charge is 2.08. The molecule has 0 aliphatic heterocycles. The molecule has 0 N–H and O–H groups in total. The van der Waals surface area contributed by atoms with Crippen molar-refractivity contribution in [1.82, 2.24) is 9.78 Å². The van der Waals surface area contributed by atoms with Crippen LogP contribution < -0.4 is 4.74 Å². The molecule has 0 radical (unpaired) electrons. The number of hydrogen-bond donors (Lipinski definition) is 0. The molecule has 13 heavy (non-hydrogen) atoms. The third kappa shape index (κ3) is 1.08. The molecule has 3 heteroatoms. The lowest BCUT2D eigenvalue weighted by Crippen LogP contribution is -1.89. The largest absolute Gasteiger partial charge is 0.496 e. The number of aromatic nitrogens is 2. The highest BCUT2D eigenvalue weighted by atomic mass is 16.5. The number of rotatable bonds is 1. The molecule has 0 unspecified atom stereocenters. The zero-order valence-corrected chi connectivity index (χ0v) is 8.03. The molecule has 1 aromatic heterocycles. The minimum absolute atomic E-state index is 0.892. The van der Waals surface area contributed by atoms with E-state index in [9.17, 15) is 0 Å². The number of ether oxygens (including phenoxy) is 1. The third-order valence-corrected chi connectivity index (χ3v) is 2.23. The lowest BCUT2D eigenvalue weighted by atomic mass is 10.2. The van der Waals surface area contributed by atoms with Gasteiger partial charge in [0.1, 0.15) is 5.75 Å². The van der Waals surface area contributed by atoms with E-state index in [0.29, 0.717) is 0 Å². The van der Waals surface area contributed by atoms with E-state index in [-0.39, 0.29) is 0 Å². The van der Waals surface area contributed by atoms with Crippen molar-refractivity contribution in [3.05, 3.63) is 23.9 Å². The van der Waals surface area contributed by atoms with Gasteiger partial charge in [0, 0.05) is 7.05 Å². The standard InChI is InChI=1S/C10H12N2O/c1-7-10-8(12(2)11-7)5-4-6-9(10)13-3/h4-6H,1-3H3. The zero-order valence-electron chi connectivity index (χ0n) is 8.03. The molecule has 0 saturated heterocycles. The molecule has 68 valence electrons. The van der Waals surface area contributed by atoms with Gasteiger partial charge in [0.05, 0.1) is 23.7 Å². The van der Waals surface area contributed by atoms with E-state index in [2.05, 4.69) is 5.10 Å². The van der Waals surface area contributed by atoms with Crippen molar-refractivity contribution in [1.29, 1.82) is 0 Å². The summed E-state index contributed by atoms with van der Waals surface area (Å²) >= 11 is 0. The number of fused-ring (bicyclic) bond motifs is 1. The predicted octanol–water partition coefficient (Wildman–Crippen LogP) is 1.89. The maximum atomic E-state index is 5.27. The van der Waals surface area contributed by atoms with Crippen molar-refractivity contribution in [2.45, 2.75) is 6.92 Å². The van der Waals surface area contributed by atoms with E-state index in [1.165, 1.54) is 0 Å². The first-order chi connectivity index (χ1) is 6.24. The molecule has 0 aliphatic rings. The van der Waals surface area contributed by atoms with Gasteiger partial charge in [-0.15, -0.1) is 0 Å². The summed E-state index contributed by atoms with van der Waals surface area (Å²) in [5.41, 5.74) is 2.12. The first-order valence-electron chi connectivity index (χ1n) is 4.20. The van der Waals surface area contributed by atoms with Gasteiger partial charge in [0.15, 0.2) is 0 Å². The second kappa shape index (κ2) is 2.76. The molecule has 1 heterocycles. The molecule has 0 atom stereocenters. The van der Waals surface area contributed by atoms with Crippen LogP contribution in [0.3, 0.4) is 0 Å². The van der Waals surface area contributed by atoms with Crippen LogP contribution in [0.5, 0.6) is 5.75 Å². The van der Waals surface area contributed by atoms with Crippen molar-refractivity contribution in [3.63, 3.8) is 0 Å². The maximum absolute atomic E-state index is 5.27. The lowest BCUT2D eigenvalue weighted by Gasteiger charge is -2.01. The first-order valence-corrected chi connectivity index (χ1v) is 4.20. The van der Waals surface area contributed by atoms with E-state index >= 15 is 0 Å². The van der Waals surface area contributed by atoms with Crippen LogP contribution in [0.15, 0.2) is 18.2 Å². The van der Waals surface area contributed by atoms with Crippen molar-refractivity contribution in [3.8, 4) is 5.75 Å². The van der Waals surface area contributed by atoms with Gasteiger partial charge < -0.3 is 4.74 Å². The second-order valence-corrected chi connectivity index (χ2v) is 3.06. The molecular weight excluding hydrogens is 164 g/mol. The van der Waals surface area contributed by atoms with Gasteiger partial charge >= 0.3 is 0 Å². The Balaban J connectivity index is 2.88. The van der Waals surface area contributed by atoms with E-state index in [0.717, 1.165) is 22.3 Å². The number of hydrogen-bond acceptors (Lipinski definition) is 2. The minimum Gasteiger partial charge on any atom is -0.496 e. The Kier molecular flexibility index (Phi) is 1.72. The third-order valence-electron chi connectivity index (χ3n) is 2.23. The maximum Gasteiger partial charge on any atom is 0.130 e. The van der Waals surface area contributed by atoms with E-state index < -0.39 is 0 Å². The van der Waals surface area contributed by atoms with Crippen LogP contribution in [-0.4, -0.2) is 16.9 Å². The minimum atomic E-state index is 0.892. The van der Waals surface area contributed by atoms with Gasteiger partial charge in [0.2, 0.25) is 0 Å². The first kappa shape index (κ1) is 8.10. The van der Waals surface area contributed by atoms with Crippen LogP contribution in [-0.2, 0) is 7.05 Å². The van der Waals surface area contributed by atoms with Crippen LogP contribution in [0.25, 0.3) is 10.9 Å². The molecule has 0 fully saturated rings. The summed E-state index contributed by atoms with van der Waals surface area (Å²) in [6.07, 6.45) is 0. The highest BCUT2D eigenvalue weighted by molar-refractivity contribution is 5.88. The molecular formula is C10H12N2O. The average molecular weight is 176 g/mol. The highest BCUT2D eigenvalue weighted by Crippen LogP contribution is 2.27. The molecule has 1 aromatic carbocycles. The summed E-state index contributed by atoms with van der Waals surface area (Å²) in [5, 5.41) is 5.44. The Bertz CT molecular complexity index is 445. The Labute approximate surface area is 76.9 Å². The SMILES string of the molecule is COc1cccc2c1c(C)nn2C. The summed E-state index contributed by atoms with van der Waals surface area (Å²) in [6, 6.07) is 5.97. The number of nitrogens with zero attached hydrogens (tertiary/aromatic N) is 2. The second-order valence-electron chi connectivity index (χ2n) is 3.06. The molecule has 0 spiro atoms. The quantitative estimate of drug-likeness (QED) is 0.663. The Hall–Kier alpha value is -1.51. The van der Waals surface area contributed by atoms with Crippen LogP contribution in [0.2, 0.25) is 0 Å². The van der Waals surface area contributed by atoms with Gasteiger partial charge in [0.25, 0.3) is 0 Å².